The third kappa shape index (κ3) is 2.98. The average molecular weight is 263 g/mol. The summed E-state index contributed by atoms with van der Waals surface area (Å²) in [5, 5.41) is 9.56. The lowest BCUT2D eigenvalue weighted by molar-refractivity contribution is 0.0595. The lowest BCUT2D eigenvalue weighted by Gasteiger charge is -2.37. The Morgan fingerprint density at radius 3 is 2.42 bits per heavy atom. The molecule has 0 radical (unpaired) electrons. The minimum Gasteiger partial charge on any atom is -0.506 e. The monoisotopic (exact) mass is 263 g/mol. The third-order valence-electron chi connectivity index (χ3n) is 3.61. The molecule has 1 aromatic carbocycles. The van der Waals surface area contributed by atoms with E-state index in [0.29, 0.717) is 17.3 Å². The highest BCUT2D eigenvalue weighted by atomic mass is 16.3. The molecule has 3 N–H and O–H groups in total. The van der Waals surface area contributed by atoms with E-state index in [0.717, 1.165) is 26.2 Å². The van der Waals surface area contributed by atoms with Crippen LogP contribution in [-0.4, -0.2) is 53.0 Å². The summed E-state index contributed by atoms with van der Waals surface area (Å²) in [7, 11) is 0. The number of hydrogen-bond donors (Lipinski definition) is 2. The van der Waals surface area contributed by atoms with E-state index in [1.165, 1.54) is 6.07 Å². The van der Waals surface area contributed by atoms with Crippen LogP contribution in [0.4, 0.5) is 5.69 Å². The number of hydrogen-bond acceptors (Lipinski definition) is 4. The molecule has 1 heterocycles. The topological polar surface area (TPSA) is 69.8 Å². The van der Waals surface area contributed by atoms with Crippen LogP contribution in [0.1, 0.15) is 24.2 Å². The molecule has 0 spiro atoms. The van der Waals surface area contributed by atoms with Crippen LogP contribution in [0.3, 0.4) is 0 Å². The van der Waals surface area contributed by atoms with Crippen molar-refractivity contribution in [1.82, 2.24) is 9.80 Å². The summed E-state index contributed by atoms with van der Waals surface area (Å²) in [6, 6.07) is 5.17. The van der Waals surface area contributed by atoms with Gasteiger partial charge in [-0.25, -0.2) is 0 Å². The van der Waals surface area contributed by atoms with Crippen molar-refractivity contribution >= 4 is 11.6 Å². The number of nitrogens with zero attached hydrogens (tertiary/aromatic N) is 2. The lowest BCUT2D eigenvalue weighted by atomic mass is 10.1. The summed E-state index contributed by atoms with van der Waals surface area (Å²) in [6.07, 6.45) is 0. The van der Waals surface area contributed by atoms with Crippen LogP contribution in [0.5, 0.6) is 5.75 Å². The van der Waals surface area contributed by atoms with Gasteiger partial charge in [-0.05, 0) is 32.0 Å². The fourth-order valence-corrected chi connectivity index (χ4v) is 2.30. The summed E-state index contributed by atoms with van der Waals surface area (Å²) < 4.78 is 0. The van der Waals surface area contributed by atoms with Crippen LogP contribution in [-0.2, 0) is 0 Å². The predicted molar refractivity (Wildman–Crippen MR) is 75.1 cm³/mol. The van der Waals surface area contributed by atoms with E-state index >= 15 is 0 Å². The standard InChI is InChI=1S/C14H21N3O2/c1-10(2)16-5-7-17(8-6-16)14(19)11-3-4-12(15)13(18)9-11/h3-4,9-10,18H,5-8,15H2,1-2H3. The van der Waals surface area contributed by atoms with Crippen molar-refractivity contribution in [2.24, 2.45) is 0 Å². The van der Waals surface area contributed by atoms with Crippen LogP contribution in [0, 0.1) is 0 Å². The molecule has 1 aliphatic rings. The van der Waals surface area contributed by atoms with Crippen LogP contribution >= 0.6 is 0 Å². The van der Waals surface area contributed by atoms with Crippen LogP contribution in [0.2, 0.25) is 0 Å². The van der Waals surface area contributed by atoms with E-state index in [-0.39, 0.29) is 11.7 Å². The molecular weight excluding hydrogens is 242 g/mol. The first-order valence-electron chi connectivity index (χ1n) is 6.61. The first-order chi connectivity index (χ1) is 8.99. The van der Waals surface area contributed by atoms with Crippen molar-refractivity contribution in [3.63, 3.8) is 0 Å². The molecule has 19 heavy (non-hydrogen) atoms. The van der Waals surface area contributed by atoms with Gasteiger partial charge in [-0.2, -0.15) is 0 Å². The third-order valence-corrected chi connectivity index (χ3v) is 3.61. The largest absolute Gasteiger partial charge is 0.506 e. The SMILES string of the molecule is CC(C)N1CCN(C(=O)c2ccc(N)c(O)c2)CC1. The molecule has 5 nitrogen and oxygen atoms in total. The predicted octanol–water partition coefficient (Wildman–Crippen LogP) is 1.14. The van der Waals surface area contributed by atoms with E-state index in [1.54, 1.807) is 12.1 Å². The van der Waals surface area contributed by atoms with Gasteiger partial charge in [0.2, 0.25) is 0 Å². The fourth-order valence-electron chi connectivity index (χ4n) is 2.30. The Bertz CT molecular complexity index is 466. The molecule has 1 fully saturated rings. The van der Waals surface area contributed by atoms with Gasteiger partial charge in [-0.3, -0.25) is 9.69 Å². The number of amides is 1. The van der Waals surface area contributed by atoms with Crippen molar-refractivity contribution in [2.45, 2.75) is 19.9 Å². The molecule has 1 amide bonds. The van der Waals surface area contributed by atoms with Gasteiger partial charge in [0.05, 0.1) is 5.69 Å². The zero-order valence-corrected chi connectivity index (χ0v) is 11.5. The van der Waals surface area contributed by atoms with E-state index < -0.39 is 0 Å². The molecule has 1 aliphatic heterocycles. The molecule has 1 saturated heterocycles. The minimum atomic E-state index is -0.0429. The van der Waals surface area contributed by atoms with E-state index in [2.05, 4.69) is 18.7 Å². The second-order valence-corrected chi connectivity index (χ2v) is 5.20. The molecule has 0 atom stereocenters. The Balaban J connectivity index is 2.03. The molecule has 1 aromatic rings. The van der Waals surface area contributed by atoms with Crippen molar-refractivity contribution < 1.29 is 9.90 Å². The molecule has 5 heteroatoms. The molecule has 2 rings (SSSR count). The summed E-state index contributed by atoms with van der Waals surface area (Å²) in [6.45, 7) is 7.56. The Kier molecular flexibility index (Phi) is 3.95. The number of aromatic hydroxyl groups is 1. The Hall–Kier alpha value is -1.75. The number of anilines is 1. The van der Waals surface area contributed by atoms with Gasteiger partial charge in [0.25, 0.3) is 5.91 Å². The highest BCUT2D eigenvalue weighted by Gasteiger charge is 2.23. The summed E-state index contributed by atoms with van der Waals surface area (Å²) in [5.41, 5.74) is 6.32. The molecular formula is C14H21N3O2. The van der Waals surface area contributed by atoms with Crippen molar-refractivity contribution in [1.29, 1.82) is 0 Å². The maximum atomic E-state index is 12.3. The highest BCUT2D eigenvalue weighted by molar-refractivity contribution is 5.95. The van der Waals surface area contributed by atoms with Gasteiger partial charge >= 0.3 is 0 Å². The molecule has 0 unspecified atom stereocenters. The molecule has 104 valence electrons. The summed E-state index contributed by atoms with van der Waals surface area (Å²) in [4.78, 5) is 16.5. The van der Waals surface area contributed by atoms with Crippen molar-refractivity contribution in [2.75, 3.05) is 31.9 Å². The molecule has 0 bridgehead atoms. The van der Waals surface area contributed by atoms with Gasteiger partial charge in [0.15, 0.2) is 0 Å². The van der Waals surface area contributed by atoms with Gasteiger partial charge in [-0.1, -0.05) is 0 Å². The number of piperazine rings is 1. The fraction of sp³-hybridized carbons (Fsp3) is 0.500. The van der Waals surface area contributed by atoms with E-state index in [9.17, 15) is 9.90 Å². The lowest BCUT2D eigenvalue weighted by Crippen LogP contribution is -2.50. The number of phenolic OH excluding ortho intramolecular Hbond substituents is 1. The normalized spacial score (nSPS) is 16.9. The number of rotatable bonds is 2. The number of phenols is 1. The van der Waals surface area contributed by atoms with Gasteiger partial charge < -0.3 is 15.7 Å². The molecule has 0 aliphatic carbocycles. The Morgan fingerprint density at radius 1 is 1.26 bits per heavy atom. The van der Waals surface area contributed by atoms with E-state index in [4.69, 9.17) is 5.73 Å². The quantitative estimate of drug-likeness (QED) is 0.620. The first-order valence-corrected chi connectivity index (χ1v) is 6.61. The number of nitrogen functional groups attached to an aromatic ring is 1. The maximum absolute atomic E-state index is 12.3. The summed E-state index contributed by atoms with van der Waals surface area (Å²) >= 11 is 0. The van der Waals surface area contributed by atoms with Crippen LogP contribution in [0.25, 0.3) is 0 Å². The number of carbonyl (C=O) groups is 1. The highest BCUT2D eigenvalue weighted by Crippen LogP contribution is 2.22. The zero-order chi connectivity index (χ0) is 14.0. The smallest absolute Gasteiger partial charge is 0.254 e. The number of benzene rings is 1. The van der Waals surface area contributed by atoms with Crippen LogP contribution in [0.15, 0.2) is 18.2 Å². The Morgan fingerprint density at radius 2 is 1.89 bits per heavy atom. The number of nitrogens with two attached hydrogens (primary N) is 1. The average Bonchev–Trinajstić information content (AvgIpc) is 2.41. The number of carbonyl (C=O) groups excluding carboxylic acids is 1. The van der Waals surface area contributed by atoms with Gasteiger partial charge in [0.1, 0.15) is 5.75 Å². The minimum absolute atomic E-state index is 0.0355. The van der Waals surface area contributed by atoms with Gasteiger partial charge in [-0.15, -0.1) is 0 Å². The Labute approximate surface area is 113 Å². The molecule has 0 saturated carbocycles. The summed E-state index contributed by atoms with van der Waals surface area (Å²) in [5.74, 6) is -0.0784. The van der Waals surface area contributed by atoms with E-state index in [1.807, 2.05) is 4.90 Å². The van der Waals surface area contributed by atoms with Crippen molar-refractivity contribution in [3.8, 4) is 5.75 Å². The van der Waals surface area contributed by atoms with Gasteiger partial charge in [0, 0.05) is 37.8 Å². The maximum Gasteiger partial charge on any atom is 0.254 e. The second-order valence-electron chi connectivity index (χ2n) is 5.20. The van der Waals surface area contributed by atoms with Crippen LogP contribution < -0.4 is 5.73 Å². The molecule has 0 aromatic heterocycles. The zero-order valence-electron chi connectivity index (χ0n) is 11.5. The van der Waals surface area contributed by atoms with Crippen molar-refractivity contribution in [3.05, 3.63) is 23.8 Å². The second kappa shape index (κ2) is 5.48. The first kappa shape index (κ1) is 13.7.